The van der Waals surface area contributed by atoms with Crippen LogP contribution >= 0.6 is 0 Å². The molecule has 0 bridgehead atoms. The standard InChI is InChI=1S/C16H14FNO3/c1-2-10-5-3-4-6-12(10)15(19)18-11-7-8-14(17)13(9-11)16(20)21/h3-9H,2H2,1H3,(H,18,19)(H,20,21). The fraction of sp³-hybridized carbons (Fsp3) is 0.125. The van der Waals surface area contributed by atoms with Crippen LogP contribution < -0.4 is 5.32 Å². The largest absolute Gasteiger partial charge is 0.478 e. The molecule has 0 aliphatic rings. The Morgan fingerprint density at radius 1 is 1.14 bits per heavy atom. The Morgan fingerprint density at radius 2 is 1.86 bits per heavy atom. The fourth-order valence-corrected chi connectivity index (χ4v) is 2.02. The summed E-state index contributed by atoms with van der Waals surface area (Å²) < 4.78 is 13.3. The number of amides is 1. The summed E-state index contributed by atoms with van der Waals surface area (Å²) in [5, 5.41) is 11.5. The molecule has 0 aliphatic carbocycles. The summed E-state index contributed by atoms with van der Waals surface area (Å²) in [7, 11) is 0. The maximum atomic E-state index is 13.3. The van der Waals surface area contributed by atoms with E-state index < -0.39 is 17.3 Å². The lowest BCUT2D eigenvalue weighted by Crippen LogP contribution is -2.14. The molecule has 0 heterocycles. The van der Waals surface area contributed by atoms with E-state index in [1.807, 2.05) is 19.1 Å². The highest BCUT2D eigenvalue weighted by atomic mass is 19.1. The second kappa shape index (κ2) is 6.17. The SMILES string of the molecule is CCc1ccccc1C(=O)Nc1ccc(F)c(C(=O)O)c1. The zero-order chi connectivity index (χ0) is 15.4. The molecule has 0 fully saturated rings. The van der Waals surface area contributed by atoms with Gasteiger partial charge in [-0.3, -0.25) is 4.79 Å². The quantitative estimate of drug-likeness (QED) is 0.906. The molecule has 0 aromatic heterocycles. The molecule has 0 spiro atoms. The van der Waals surface area contributed by atoms with Crippen LogP contribution in [0, 0.1) is 5.82 Å². The van der Waals surface area contributed by atoms with E-state index in [9.17, 15) is 14.0 Å². The van der Waals surface area contributed by atoms with Crippen molar-refractivity contribution < 1.29 is 19.1 Å². The van der Waals surface area contributed by atoms with Gasteiger partial charge in [-0.1, -0.05) is 25.1 Å². The van der Waals surface area contributed by atoms with Gasteiger partial charge in [0, 0.05) is 11.3 Å². The molecular weight excluding hydrogens is 273 g/mol. The number of rotatable bonds is 4. The molecule has 2 aromatic carbocycles. The molecule has 0 saturated carbocycles. The highest BCUT2D eigenvalue weighted by Crippen LogP contribution is 2.17. The van der Waals surface area contributed by atoms with Gasteiger partial charge >= 0.3 is 5.97 Å². The Morgan fingerprint density at radius 3 is 2.52 bits per heavy atom. The number of aromatic carboxylic acids is 1. The zero-order valence-electron chi connectivity index (χ0n) is 11.4. The molecule has 0 unspecified atom stereocenters. The first-order chi connectivity index (χ1) is 10.0. The van der Waals surface area contributed by atoms with Crippen molar-refractivity contribution in [3.63, 3.8) is 0 Å². The minimum atomic E-state index is -1.38. The summed E-state index contributed by atoms with van der Waals surface area (Å²) in [6.45, 7) is 1.94. The molecule has 0 atom stereocenters. The Kier molecular flexibility index (Phi) is 4.33. The Balaban J connectivity index is 2.28. The molecule has 2 aromatic rings. The summed E-state index contributed by atoms with van der Waals surface area (Å²) in [5.74, 6) is -2.57. The third-order valence-electron chi connectivity index (χ3n) is 3.10. The Bertz CT molecular complexity index is 698. The summed E-state index contributed by atoms with van der Waals surface area (Å²) in [6, 6.07) is 10.6. The molecule has 0 aliphatic heterocycles. The van der Waals surface area contributed by atoms with Gasteiger partial charge in [-0.15, -0.1) is 0 Å². The zero-order valence-corrected chi connectivity index (χ0v) is 11.4. The highest BCUT2D eigenvalue weighted by molar-refractivity contribution is 6.05. The molecule has 108 valence electrons. The number of carboxylic acids is 1. The average Bonchev–Trinajstić information content (AvgIpc) is 2.48. The highest BCUT2D eigenvalue weighted by Gasteiger charge is 2.14. The van der Waals surface area contributed by atoms with Gasteiger partial charge in [0.2, 0.25) is 0 Å². The monoisotopic (exact) mass is 287 g/mol. The lowest BCUT2D eigenvalue weighted by Gasteiger charge is -2.09. The lowest BCUT2D eigenvalue weighted by molar-refractivity contribution is 0.0691. The first-order valence-corrected chi connectivity index (χ1v) is 6.45. The van der Waals surface area contributed by atoms with E-state index in [4.69, 9.17) is 5.11 Å². The van der Waals surface area contributed by atoms with Crippen LogP contribution in [-0.4, -0.2) is 17.0 Å². The van der Waals surface area contributed by atoms with Crippen molar-refractivity contribution in [3.05, 3.63) is 65.0 Å². The van der Waals surface area contributed by atoms with Crippen LogP contribution in [0.2, 0.25) is 0 Å². The topological polar surface area (TPSA) is 66.4 Å². The predicted molar refractivity (Wildman–Crippen MR) is 77.1 cm³/mol. The van der Waals surface area contributed by atoms with E-state index in [0.29, 0.717) is 12.0 Å². The van der Waals surface area contributed by atoms with E-state index in [2.05, 4.69) is 5.32 Å². The number of nitrogens with one attached hydrogen (secondary N) is 1. The molecule has 0 saturated heterocycles. The number of hydrogen-bond acceptors (Lipinski definition) is 2. The van der Waals surface area contributed by atoms with Gasteiger partial charge in [-0.05, 0) is 36.2 Å². The number of halogens is 1. The number of aryl methyl sites for hydroxylation is 1. The molecular formula is C16H14FNO3. The second-order valence-electron chi connectivity index (χ2n) is 4.46. The van der Waals surface area contributed by atoms with Crippen LogP contribution in [0.1, 0.15) is 33.2 Å². The number of carboxylic acid groups (broad SMARTS) is 1. The first kappa shape index (κ1) is 14.7. The van der Waals surface area contributed by atoms with Gasteiger partial charge in [0.25, 0.3) is 5.91 Å². The molecule has 2 rings (SSSR count). The smallest absolute Gasteiger partial charge is 0.338 e. The van der Waals surface area contributed by atoms with E-state index in [-0.39, 0.29) is 11.6 Å². The third kappa shape index (κ3) is 3.25. The predicted octanol–water partition coefficient (Wildman–Crippen LogP) is 3.34. The second-order valence-corrected chi connectivity index (χ2v) is 4.46. The normalized spacial score (nSPS) is 10.2. The third-order valence-corrected chi connectivity index (χ3v) is 3.10. The molecule has 4 nitrogen and oxygen atoms in total. The molecule has 0 radical (unpaired) electrons. The van der Waals surface area contributed by atoms with E-state index in [0.717, 1.165) is 17.7 Å². The van der Waals surface area contributed by atoms with Crippen LogP contribution in [0.25, 0.3) is 0 Å². The minimum absolute atomic E-state index is 0.240. The summed E-state index contributed by atoms with van der Waals surface area (Å²) >= 11 is 0. The van der Waals surface area contributed by atoms with Crippen molar-refractivity contribution in [3.8, 4) is 0 Å². The van der Waals surface area contributed by atoms with Crippen molar-refractivity contribution in [2.45, 2.75) is 13.3 Å². The van der Waals surface area contributed by atoms with Crippen LogP contribution in [0.4, 0.5) is 10.1 Å². The van der Waals surface area contributed by atoms with Gasteiger partial charge < -0.3 is 10.4 Å². The van der Waals surface area contributed by atoms with Crippen LogP contribution in [0.5, 0.6) is 0 Å². The average molecular weight is 287 g/mol. The van der Waals surface area contributed by atoms with Crippen molar-refractivity contribution in [2.24, 2.45) is 0 Å². The summed E-state index contributed by atoms with van der Waals surface area (Å²) in [4.78, 5) is 23.1. The number of hydrogen-bond donors (Lipinski definition) is 2. The van der Waals surface area contributed by atoms with E-state index in [1.54, 1.807) is 12.1 Å². The molecule has 2 N–H and O–H groups in total. The van der Waals surface area contributed by atoms with Gasteiger partial charge in [-0.2, -0.15) is 0 Å². The van der Waals surface area contributed by atoms with Crippen LogP contribution in [0.15, 0.2) is 42.5 Å². The number of anilines is 1. The van der Waals surface area contributed by atoms with Gasteiger partial charge in [-0.25, -0.2) is 9.18 Å². The van der Waals surface area contributed by atoms with Gasteiger partial charge in [0.1, 0.15) is 5.82 Å². The molecule has 21 heavy (non-hydrogen) atoms. The molecule has 1 amide bonds. The van der Waals surface area contributed by atoms with E-state index in [1.165, 1.54) is 6.07 Å². The van der Waals surface area contributed by atoms with Gasteiger partial charge in [0.05, 0.1) is 5.56 Å². The summed E-state index contributed by atoms with van der Waals surface area (Å²) in [6.07, 6.45) is 0.702. The molecule has 5 heteroatoms. The van der Waals surface area contributed by atoms with Crippen LogP contribution in [-0.2, 0) is 6.42 Å². The Labute approximate surface area is 121 Å². The number of carbonyl (C=O) groups is 2. The van der Waals surface area contributed by atoms with Crippen LogP contribution in [0.3, 0.4) is 0 Å². The van der Waals surface area contributed by atoms with Gasteiger partial charge in [0.15, 0.2) is 0 Å². The van der Waals surface area contributed by atoms with Crippen molar-refractivity contribution in [2.75, 3.05) is 5.32 Å². The van der Waals surface area contributed by atoms with Crippen molar-refractivity contribution in [1.82, 2.24) is 0 Å². The van der Waals surface area contributed by atoms with Crippen molar-refractivity contribution in [1.29, 1.82) is 0 Å². The van der Waals surface area contributed by atoms with E-state index >= 15 is 0 Å². The number of benzene rings is 2. The Hall–Kier alpha value is -2.69. The lowest BCUT2D eigenvalue weighted by atomic mass is 10.0. The van der Waals surface area contributed by atoms with Crippen molar-refractivity contribution >= 4 is 17.6 Å². The minimum Gasteiger partial charge on any atom is -0.478 e. The number of carbonyl (C=O) groups excluding carboxylic acids is 1. The first-order valence-electron chi connectivity index (χ1n) is 6.45. The summed E-state index contributed by atoms with van der Waals surface area (Å²) in [5.41, 5.74) is 1.16. The fourth-order valence-electron chi connectivity index (χ4n) is 2.02. The maximum Gasteiger partial charge on any atom is 0.338 e. The maximum absolute atomic E-state index is 13.3.